The molecule has 1 N–H and O–H groups in total. The van der Waals surface area contributed by atoms with E-state index in [0.29, 0.717) is 23.2 Å². The smallest absolute Gasteiger partial charge is 0.263 e. The topological polar surface area (TPSA) is 112 Å². The summed E-state index contributed by atoms with van der Waals surface area (Å²) in [5.41, 5.74) is 2.96. The molecule has 0 fully saturated rings. The second-order valence-electron chi connectivity index (χ2n) is 7.08. The Morgan fingerprint density at radius 3 is 2.97 bits per heavy atom. The Balaban J connectivity index is 1.53. The molecule has 10 heteroatoms. The van der Waals surface area contributed by atoms with Gasteiger partial charge in [-0.15, -0.1) is 0 Å². The number of anilines is 1. The predicted molar refractivity (Wildman–Crippen MR) is 109 cm³/mol. The number of methoxy groups -OCH3 is 1. The fourth-order valence-electron chi connectivity index (χ4n) is 3.85. The maximum Gasteiger partial charge on any atom is 0.263 e. The van der Waals surface area contributed by atoms with Gasteiger partial charge in [0.2, 0.25) is 5.88 Å². The first-order valence-corrected chi connectivity index (χ1v) is 11.0. The maximum atomic E-state index is 13.1. The van der Waals surface area contributed by atoms with Crippen LogP contribution in [0.25, 0.3) is 11.0 Å². The number of aromatic nitrogens is 4. The minimum Gasteiger partial charge on any atom is -0.480 e. The minimum atomic E-state index is -3.85. The van der Waals surface area contributed by atoms with E-state index in [1.807, 2.05) is 18.3 Å². The molecule has 154 valence electrons. The van der Waals surface area contributed by atoms with Crippen molar-refractivity contribution in [3.8, 4) is 5.88 Å². The van der Waals surface area contributed by atoms with Crippen molar-refractivity contribution in [2.24, 2.45) is 0 Å². The Kier molecular flexibility index (Phi) is 4.43. The summed E-state index contributed by atoms with van der Waals surface area (Å²) in [7, 11) is -2.38. The highest BCUT2D eigenvalue weighted by Crippen LogP contribution is 2.34. The van der Waals surface area contributed by atoms with E-state index < -0.39 is 10.0 Å². The summed E-state index contributed by atoms with van der Waals surface area (Å²) in [6.07, 6.45) is 6.08. The molecule has 1 aliphatic carbocycles. The third-order valence-electron chi connectivity index (χ3n) is 5.18. The summed E-state index contributed by atoms with van der Waals surface area (Å²) >= 11 is 0. The van der Waals surface area contributed by atoms with E-state index in [1.165, 1.54) is 7.11 Å². The van der Waals surface area contributed by atoms with Gasteiger partial charge in [-0.25, -0.2) is 13.4 Å². The maximum absolute atomic E-state index is 13.1. The molecule has 3 heterocycles. The summed E-state index contributed by atoms with van der Waals surface area (Å²) in [6.45, 7) is 0.414. The molecule has 3 aromatic heterocycles. The van der Waals surface area contributed by atoms with Crippen LogP contribution >= 0.6 is 0 Å². The van der Waals surface area contributed by atoms with Gasteiger partial charge in [0.1, 0.15) is 5.39 Å². The Hall–Kier alpha value is -3.40. The van der Waals surface area contributed by atoms with Gasteiger partial charge in [0, 0.05) is 18.5 Å². The molecule has 4 aromatic rings. The standard InChI is InChI=1S/C20H19N5O4S/c1-28-20-18-16(11-14(22-20)12-25-10-4-9-21-25)29-23-19(18)24-30(26,27)17-8-3-6-13-5-2-7-15(13)17/h3-4,6,8-11H,2,5,7,12H2,1H3,(H,23,24). The lowest BCUT2D eigenvalue weighted by molar-refractivity contribution is 0.400. The molecule has 1 aromatic carbocycles. The zero-order valence-electron chi connectivity index (χ0n) is 16.2. The quantitative estimate of drug-likeness (QED) is 0.505. The normalized spacial score (nSPS) is 13.5. The Bertz CT molecular complexity index is 1330. The number of nitrogens with zero attached hydrogens (tertiary/aromatic N) is 4. The SMILES string of the molecule is COc1nc(Cn2cccn2)cc2onc(NS(=O)(=O)c3cccc4c3CCC4)c12. The lowest BCUT2D eigenvalue weighted by Crippen LogP contribution is -2.15. The first kappa shape index (κ1) is 18.6. The van der Waals surface area contributed by atoms with Gasteiger partial charge in [-0.1, -0.05) is 17.3 Å². The van der Waals surface area contributed by atoms with Gasteiger partial charge in [0.05, 0.1) is 24.2 Å². The summed E-state index contributed by atoms with van der Waals surface area (Å²) in [4.78, 5) is 4.74. The van der Waals surface area contributed by atoms with Crippen LogP contribution < -0.4 is 9.46 Å². The van der Waals surface area contributed by atoms with Crippen LogP contribution in [0.3, 0.4) is 0 Å². The van der Waals surface area contributed by atoms with Gasteiger partial charge < -0.3 is 9.26 Å². The second-order valence-corrected chi connectivity index (χ2v) is 8.73. The number of rotatable bonds is 6. The van der Waals surface area contributed by atoms with Crippen LogP contribution in [0.1, 0.15) is 23.2 Å². The summed E-state index contributed by atoms with van der Waals surface area (Å²) < 4.78 is 41.3. The number of sulfonamides is 1. The number of hydrogen-bond acceptors (Lipinski definition) is 7. The van der Waals surface area contributed by atoms with Crippen molar-refractivity contribution in [1.82, 2.24) is 19.9 Å². The molecule has 0 saturated heterocycles. The van der Waals surface area contributed by atoms with Crippen LogP contribution in [-0.2, 0) is 29.4 Å². The molecule has 0 spiro atoms. The number of fused-ring (bicyclic) bond motifs is 2. The minimum absolute atomic E-state index is 0.0515. The fraction of sp³-hybridized carbons (Fsp3) is 0.250. The number of aryl methyl sites for hydroxylation is 1. The summed E-state index contributed by atoms with van der Waals surface area (Å²) in [6, 6.07) is 8.87. The monoisotopic (exact) mass is 425 g/mol. The third-order valence-corrected chi connectivity index (χ3v) is 6.60. The number of pyridine rings is 1. The molecule has 0 amide bonds. The van der Waals surface area contributed by atoms with Crippen molar-refractivity contribution in [1.29, 1.82) is 0 Å². The van der Waals surface area contributed by atoms with Crippen molar-refractivity contribution in [3.63, 3.8) is 0 Å². The lowest BCUT2D eigenvalue weighted by atomic mass is 10.1. The molecule has 30 heavy (non-hydrogen) atoms. The van der Waals surface area contributed by atoms with Gasteiger partial charge in [-0.2, -0.15) is 5.10 Å². The van der Waals surface area contributed by atoms with Crippen molar-refractivity contribution in [3.05, 3.63) is 59.5 Å². The van der Waals surface area contributed by atoms with Crippen molar-refractivity contribution >= 4 is 26.8 Å². The average molecular weight is 425 g/mol. The third kappa shape index (κ3) is 3.18. The number of hydrogen-bond donors (Lipinski definition) is 1. The van der Waals surface area contributed by atoms with Crippen molar-refractivity contribution in [2.75, 3.05) is 11.8 Å². The van der Waals surface area contributed by atoms with Crippen molar-refractivity contribution < 1.29 is 17.7 Å². The van der Waals surface area contributed by atoms with E-state index in [-0.39, 0.29) is 16.6 Å². The highest BCUT2D eigenvalue weighted by molar-refractivity contribution is 7.92. The molecule has 0 atom stereocenters. The molecular weight excluding hydrogens is 406 g/mol. The molecular formula is C20H19N5O4S. The zero-order valence-corrected chi connectivity index (χ0v) is 17.0. The lowest BCUT2D eigenvalue weighted by Gasteiger charge is -2.11. The van der Waals surface area contributed by atoms with Crippen molar-refractivity contribution in [2.45, 2.75) is 30.7 Å². The van der Waals surface area contributed by atoms with Crippen LogP contribution in [0.15, 0.2) is 52.1 Å². The molecule has 0 radical (unpaired) electrons. The first-order chi connectivity index (χ1) is 14.5. The van der Waals surface area contributed by atoms with E-state index in [2.05, 4.69) is 20.0 Å². The molecule has 0 bridgehead atoms. The zero-order chi connectivity index (χ0) is 20.7. The Labute approximate surface area is 172 Å². The van der Waals surface area contributed by atoms with E-state index in [9.17, 15) is 8.42 Å². The Morgan fingerprint density at radius 2 is 2.17 bits per heavy atom. The van der Waals surface area contributed by atoms with E-state index in [1.54, 1.807) is 29.1 Å². The highest BCUT2D eigenvalue weighted by Gasteiger charge is 2.26. The van der Waals surface area contributed by atoms with Crippen LogP contribution in [-0.4, -0.2) is 35.4 Å². The van der Waals surface area contributed by atoms with E-state index >= 15 is 0 Å². The van der Waals surface area contributed by atoms with E-state index in [0.717, 1.165) is 30.4 Å². The first-order valence-electron chi connectivity index (χ1n) is 9.49. The number of benzene rings is 1. The number of nitrogens with one attached hydrogen (secondary N) is 1. The molecule has 0 unspecified atom stereocenters. The molecule has 1 aliphatic rings. The largest absolute Gasteiger partial charge is 0.480 e. The molecule has 5 rings (SSSR count). The van der Waals surface area contributed by atoms with Gasteiger partial charge >= 0.3 is 0 Å². The summed E-state index contributed by atoms with van der Waals surface area (Å²) in [5.74, 6) is 0.280. The molecule has 0 aliphatic heterocycles. The molecule has 9 nitrogen and oxygen atoms in total. The van der Waals surface area contributed by atoms with Gasteiger partial charge in [-0.05, 0) is 42.5 Å². The molecule has 0 saturated carbocycles. The van der Waals surface area contributed by atoms with Crippen LogP contribution in [0, 0.1) is 0 Å². The van der Waals surface area contributed by atoms with Gasteiger partial charge in [-0.3, -0.25) is 9.40 Å². The van der Waals surface area contributed by atoms with Gasteiger partial charge in [0.15, 0.2) is 11.4 Å². The Morgan fingerprint density at radius 1 is 1.27 bits per heavy atom. The van der Waals surface area contributed by atoms with Gasteiger partial charge in [0.25, 0.3) is 10.0 Å². The predicted octanol–water partition coefficient (Wildman–Crippen LogP) is 2.77. The van der Waals surface area contributed by atoms with Crippen LogP contribution in [0.4, 0.5) is 5.82 Å². The van der Waals surface area contributed by atoms with E-state index in [4.69, 9.17) is 9.26 Å². The fourth-order valence-corrected chi connectivity index (χ4v) is 5.17. The highest BCUT2D eigenvalue weighted by atomic mass is 32.2. The number of ether oxygens (including phenoxy) is 1. The second kappa shape index (κ2) is 7.13. The van der Waals surface area contributed by atoms with Crippen LogP contribution in [0.2, 0.25) is 0 Å². The average Bonchev–Trinajstić information content (AvgIpc) is 3.48. The van der Waals surface area contributed by atoms with Crippen LogP contribution in [0.5, 0.6) is 5.88 Å². The summed E-state index contributed by atoms with van der Waals surface area (Å²) in [5, 5.41) is 8.47.